The number of aliphatic hydroxyl groups excluding tert-OH is 1. The molecule has 142 valence electrons. The maximum atomic E-state index is 12.4. The monoisotopic (exact) mass is 370 g/mol. The molecule has 2 aromatic carbocycles. The summed E-state index contributed by atoms with van der Waals surface area (Å²) < 4.78 is 10.3. The Kier molecular flexibility index (Phi) is 5.73. The highest BCUT2D eigenvalue weighted by molar-refractivity contribution is 6.06. The van der Waals surface area contributed by atoms with Gasteiger partial charge in [0.1, 0.15) is 11.8 Å². The fraction of sp³-hybridized carbons (Fsp3) is 0.300. The minimum Gasteiger partial charge on any atom is -0.497 e. The summed E-state index contributed by atoms with van der Waals surface area (Å²) in [6.45, 7) is 0.289. The number of rotatable bonds is 7. The van der Waals surface area contributed by atoms with E-state index < -0.39 is 24.2 Å². The molecule has 2 N–H and O–H groups in total. The van der Waals surface area contributed by atoms with E-state index in [9.17, 15) is 14.7 Å². The van der Waals surface area contributed by atoms with E-state index in [1.807, 2.05) is 30.3 Å². The SMILES string of the molecule is COc1ccc(N2C(=O)[C@H](OC)[C@@H]2[C@H](O)C(=O)NCc2ccccc2)cc1. The molecule has 1 aliphatic heterocycles. The van der Waals surface area contributed by atoms with Gasteiger partial charge in [0.15, 0.2) is 12.2 Å². The van der Waals surface area contributed by atoms with Gasteiger partial charge >= 0.3 is 0 Å². The standard InChI is InChI=1S/C20H22N2O5/c1-26-15-10-8-14(9-11-15)22-16(18(27-2)20(22)25)17(23)19(24)21-12-13-6-4-3-5-7-13/h3-11,16-18,23H,12H2,1-2H3,(H,21,24)/t16-,17-,18+/m0/s1. The van der Waals surface area contributed by atoms with Crippen LogP contribution in [0.4, 0.5) is 5.69 Å². The number of carbonyl (C=O) groups is 2. The van der Waals surface area contributed by atoms with Crippen molar-refractivity contribution < 1.29 is 24.2 Å². The van der Waals surface area contributed by atoms with Crippen molar-refractivity contribution in [3.8, 4) is 5.75 Å². The van der Waals surface area contributed by atoms with Gasteiger partial charge in [-0.15, -0.1) is 0 Å². The number of anilines is 1. The molecular weight excluding hydrogens is 348 g/mol. The quantitative estimate of drug-likeness (QED) is 0.713. The molecule has 7 nitrogen and oxygen atoms in total. The van der Waals surface area contributed by atoms with Gasteiger partial charge in [0.2, 0.25) is 0 Å². The van der Waals surface area contributed by atoms with Crippen molar-refractivity contribution in [1.82, 2.24) is 5.32 Å². The van der Waals surface area contributed by atoms with Crippen LogP contribution in [-0.4, -0.2) is 49.4 Å². The third-order valence-corrected chi connectivity index (χ3v) is 4.60. The molecule has 2 aromatic rings. The van der Waals surface area contributed by atoms with E-state index in [-0.39, 0.29) is 12.5 Å². The zero-order valence-corrected chi connectivity index (χ0v) is 15.2. The van der Waals surface area contributed by atoms with Gasteiger partial charge in [0.05, 0.1) is 7.11 Å². The number of benzene rings is 2. The first kappa shape index (κ1) is 18.9. The van der Waals surface area contributed by atoms with Crippen LogP contribution in [0, 0.1) is 0 Å². The second-order valence-electron chi connectivity index (χ2n) is 6.20. The highest BCUT2D eigenvalue weighted by atomic mass is 16.5. The lowest BCUT2D eigenvalue weighted by Gasteiger charge is -2.47. The second-order valence-corrected chi connectivity index (χ2v) is 6.20. The summed E-state index contributed by atoms with van der Waals surface area (Å²) >= 11 is 0. The van der Waals surface area contributed by atoms with Crippen molar-refractivity contribution in [3.05, 3.63) is 60.2 Å². The molecule has 0 bridgehead atoms. The van der Waals surface area contributed by atoms with Crippen molar-refractivity contribution in [1.29, 1.82) is 0 Å². The van der Waals surface area contributed by atoms with Crippen LogP contribution in [0.2, 0.25) is 0 Å². The lowest BCUT2D eigenvalue weighted by Crippen LogP contribution is -2.72. The van der Waals surface area contributed by atoms with Gasteiger partial charge in [-0.05, 0) is 29.8 Å². The third-order valence-electron chi connectivity index (χ3n) is 4.60. The fourth-order valence-electron chi connectivity index (χ4n) is 3.12. The Morgan fingerprint density at radius 2 is 1.81 bits per heavy atom. The summed E-state index contributed by atoms with van der Waals surface area (Å²) in [5, 5.41) is 13.3. The van der Waals surface area contributed by atoms with Gasteiger partial charge in [0, 0.05) is 19.3 Å². The first-order valence-corrected chi connectivity index (χ1v) is 8.56. The topological polar surface area (TPSA) is 88.1 Å². The predicted molar refractivity (Wildman–Crippen MR) is 99.4 cm³/mol. The molecule has 3 atom stereocenters. The molecule has 2 amide bonds. The summed E-state index contributed by atoms with van der Waals surface area (Å²) in [7, 11) is 2.93. The zero-order chi connectivity index (χ0) is 19.4. The average Bonchev–Trinajstić information content (AvgIpc) is 2.71. The van der Waals surface area contributed by atoms with Gasteiger partial charge in [-0.1, -0.05) is 30.3 Å². The number of methoxy groups -OCH3 is 2. The number of β-lactam (4-membered cyclic amide) rings is 1. The van der Waals surface area contributed by atoms with Gasteiger partial charge in [-0.25, -0.2) is 0 Å². The lowest BCUT2D eigenvalue weighted by molar-refractivity contribution is -0.149. The minimum absolute atomic E-state index is 0.289. The van der Waals surface area contributed by atoms with Gasteiger partial charge < -0.3 is 24.8 Å². The van der Waals surface area contributed by atoms with E-state index in [2.05, 4.69) is 5.32 Å². The Hall–Kier alpha value is -2.90. The molecule has 1 heterocycles. The molecule has 0 aliphatic carbocycles. The Morgan fingerprint density at radius 3 is 2.41 bits per heavy atom. The maximum Gasteiger partial charge on any atom is 0.258 e. The first-order chi connectivity index (χ1) is 13.1. The van der Waals surface area contributed by atoms with Crippen molar-refractivity contribution in [2.45, 2.75) is 24.8 Å². The number of hydrogen-bond acceptors (Lipinski definition) is 5. The third kappa shape index (κ3) is 3.79. The van der Waals surface area contributed by atoms with Crippen LogP contribution in [0.25, 0.3) is 0 Å². The normalized spacial score (nSPS) is 20.0. The first-order valence-electron chi connectivity index (χ1n) is 8.56. The summed E-state index contributed by atoms with van der Waals surface area (Å²) in [4.78, 5) is 26.2. The summed E-state index contributed by atoms with van der Waals surface area (Å²) in [6, 6.07) is 15.4. The van der Waals surface area contributed by atoms with Crippen molar-refractivity contribution in [2.24, 2.45) is 0 Å². The van der Waals surface area contributed by atoms with Gasteiger partial charge in [-0.2, -0.15) is 0 Å². The van der Waals surface area contributed by atoms with Crippen LogP contribution >= 0.6 is 0 Å². The maximum absolute atomic E-state index is 12.4. The Balaban J connectivity index is 1.72. The van der Waals surface area contributed by atoms with Crippen molar-refractivity contribution in [3.63, 3.8) is 0 Å². The number of nitrogens with one attached hydrogen (secondary N) is 1. The van der Waals surface area contributed by atoms with E-state index in [4.69, 9.17) is 9.47 Å². The fourth-order valence-corrected chi connectivity index (χ4v) is 3.12. The molecule has 3 rings (SSSR count). The van der Waals surface area contributed by atoms with E-state index in [0.717, 1.165) is 5.56 Å². The smallest absolute Gasteiger partial charge is 0.258 e. The van der Waals surface area contributed by atoms with Gasteiger partial charge in [0.25, 0.3) is 11.8 Å². The molecular formula is C20H22N2O5. The molecule has 0 radical (unpaired) electrons. The second kappa shape index (κ2) is 8.20. The Labute approximate surface area is 157 Å². The van der Waals surface area contributed by atoms with E-state index in [1.165, 1.54) is 12.0 Å². The molecule has 27 heavy (non-hydrogen) atoms. The molecule has 7 heteroatoms. The molecule has 0 spiro atoms. The zero-order valence-electron chi connectivity index (χ0n) is 15.2. The predicted octanol–water partition coefficient (Wildman–Crippen LogP) is 1.10. The van der Waals surface area contributed by atoms with Gasteiger partial charge in [-0.3, -0.25) is 9.59 Å². The highest BCUT2D eigenvalue weighted by Crippen LogP contribution is 2.33. The summed E-state index contributed by atoms with van der Waals surface area (Å²) in [5.41, 5.74) is 1.48. The van der Waals surface area contributed by atoms with E-state index >= 15 is 0 Å². The van der Waals surface area contributed by atoms with E-state index in [0.29, 0.717) is 11.4 Å². The number of amides is 2. The largest absolute Gasteiger partial charge is 0.497 e. The molecule has 1 aliphatic rings. The molecule has 1 saturated heterocycles. The van der Waals surface area contributed by atoms with Crippen LogP contribution in [0.1, 0.15) is 5.56 Å². The van der Waals surface area contributed by atoms with Crippen LogP contribution in [0.3, 0.4) is 0 Å². The lowest BCUT2D eigenvalue weighted by atomic mass is 9.91. The van der Waals surface area contributed by atoms with Crippen molar-refractivity contribution in [2.75, 3.05) is 19.1 Å². The Morgan fingerprint density at radius 1 is 1.15 bits per heavy atom. The van der Waals surface area contributed by atoms with E-state index in [1.54, 1.807) is 31.4 Å². The number of aliphatic hydroxyl groups is 1. The molecule has 1 fully saturated rings. The Bertz CT molecular complexity index is 794. The van der Waals surface area contributed by atoms with Crippen LogP contribution in [0.15, 0.2) is 54.6 Å². The van der Waals surface area contributed by atoms with Crippen LogP contribution < -0.4 is 15.0 Å². The molecule has 0 unspecified atom stereocenters. The summed E-state index contributed by atoms with van der Waals surface area (Å²) in [5.74, 6) is -0.216. The average molecular weight is 370 g/mol. The molecule has 0 saturated carbocycles. The minimum atomic E-state index is -1.42. The number of ether oxygens (including phenoxy) is 2. The molecule has 0 aromatic heterocycles. The highest BCUT2D eigenvalue weighted by Gasteiger charge is 2.54. The van der Waals surface area contributed by atoms with Crippen LogP contribution in [-0.2, 0) is 20.9 Å². The number of carbonyl (C=O) groups excluding carboxylic acids is 2. The van der Waals surface area contributed by atoms with Crippen LogP contribution in [0.5, 0.6) is 5.75 Å². The number of nitrogens with zero attached hydrogens (tertiary/aromatic N) is 1. The summed E-state index contributed by atoms with van der Waals surface area (Å²) in [6.07, 6.45) is -2.29. The van der Waals surface area contributed by atoms with Crippen molar-refractivity contribution >= 4 is 17.5 Å². The number of hydrogen-bond donors (Lipinski definition) is 2.